The van der Waals surface area contributed by atoms with E-state index in [9.17, 15) is 5.11 Å². The van der Waals surface area contributed by atoms with Gasteiger partial charge in [0.2, 0.25) is 5.89 Å². The van der Waals surface area contributed by atoms with Crippen LogP contribution in [0.4, 0.5) is 0 Å². The van der Waals surface area contributed by atoms with Gasteiger partial charge in [-0.15, -0.1) is 0 Å². The second kappa shape index (κ2) is 5.38. The van der Waals surface area contributed by atoms with Crippen LogP contribution in [0.2, 0.25) is 0 Å². The Bertz CT molecular complexity index is 329. The smallest absolute Gasteiger partial charge is 0.243 e. The van der Waals surface area contributed by atoms with Gasteiger partial charge in [0, 0.05) is 13.2 Å². The highest BCUT2D eigenvalue weighted by Crippen LogP contribution is 2.21. The summed E-state index contributed by atoms with van der Waals surface area (Å²) in [6, 6.07) is -0.0255. The SMILES string of the molecule is CCCOCc1noc([C@@H]2C[C@@H](O)CN2)n1. The molecule has 0 spiro atoms. The van der Waals surface area contributed by atoms with Gasteiger partial charge in [-0.05, 0) is 12.8 Å². The van der Waals surface area contributed by atoms with Crippen molar-refractivity contribution >= 4 is 0 Å². The van der Waals surface area contributed by atoms with Gasteiger partial charge in [-0.3, -0.25) is 0 Å². The number of aromatic nitrogens is 2. The summed E-state index contributed by atoms with van der Waals surface area (Å²) in [5.74, 6) is 1.10. The number of aliphatic hydroxyl groups is 1. The number of hydrogen-bond donors (Lipinski definition) is 2. The summed E-state index contributed by atoms with van der Waals surface area (Å²) in [5, 5.41) is 16.3. The Morgan fingerprint density at radius 1 is 1.62 bits per heavy atom. The summed E-state index contributed by atoms with van der Waals surface area (Å²) in [5.41, 5.74) is 0. The van der Waals surface area contributed by atoms with Gasteiger partial charge in [0.05, 0.1) is 12.1 Å². The highest BCUT2D eigenvalue weighted by Gasteiger charge is 2.27. The number of β-amino-alcohol motifs (C(OH)–C–C–N with tert-alkyl or cyclic N) is 1. The fraction of sp³-hybridized carbons (Fsp3) is 0.800. The molecule has 0 aliphatic carbocycles. The summed E-state index contributed by atoms with van der Waals surface area (Å²) in [6.07, 6.45) is 1.27. The summed E-state index contributed by atoms with van der Waals surface area (Å²) < 4.78 is 10.4. The van der Waals surface area contributed by atoms with Gasteiger partial charge >= 0.3 is 0 Å². The van der Waals surface area contributed by atoms with Gasteiger partial charge in [-0.2, -0.15) is 4.98 Å². The number of hydrogen-bond acceptors (Lipinski definition) is 6. The van der Waals surface area contributed by atoms with Crippen molar-refractivity contribution in [2.45, 2.75) is 38.5 Å². The molecule has 90 valence electrons. The van der Waals surface area contributed by atoms with E-state index in [0.717, 1.165) is 6.42 Å². The molecule has 6 nitrogen and oxygen atoms in total. The molecule has 0 unspecified atom stereocenters. The molecular formula is C10H17N3O3. The minimum Gasteiger partial charge on any atom is -0.392 e. The third kappa shape index (κ3) is 2.78. The summed E-state index contributed by atoms with van der Waals surface area (Å²) in [6.45, 7) is 3.71. The van der Waals surface area contributed by atoms with E-state index in [-0.39, 0.29) is 12.1 Å². The molecule has 2 rings (SSSR count). The molecule has 1 aromatic rings. The van der Waals surface area contributed by atoms with E-state index in [1.807, 2.05) is 6.92 Å². The Labute approximate surface area is 94.0 Å². The van der Waals surface area contributed by atoms with Crippen molar-refractivity contribution in [3.05, 3.63) is 11.7 Å². The Morgan fingerprint density at radius 2 is 2.50 bits per heavy atom. The van der Waals surface area contributed by atoms with Gasteiger partial charge in [0.1, 0.15) is 6.61 Å². The molecule has 1 aliphatic heterocycles. The zero-order valence-electron chi connectivity index (χ0n) is 9.35. The predicted octanol–water partition coefficient (Wildman–Crippen LogP) is 0.392. The van der Waals surface area contributed by atoms with Crippen LogP contribution in [0, 0.1) is 0 Å². The minimum absolute atomic E-state index is 0.0255. The lowest BCUT2D eigenvalue weighted by Crippen LogP contribution is -2.15. The maximum absolute atomic E-state index is 9.36. The van der Waals surface area contributed by atoms with E-state index in [0.29, 0.717) is 37.9 Å². The topological polar surface area (TPSA) is 80.4 Å². The predicted molar refractivity (Wildman–Crippen MR) is 55.6 cm³/mol. The monoisotopic (exact) mass is 227 g/mol. The van der Waals surface area contributed by atoms with Crippen LogP contribution in [0.25, 0.3) is 0 Å². The van der Waals surface area contributed by atoms with Crippen molar-refractivity contribution in [2.75, 3.05) is 13.2 Å². The number of aliphatic hydroxyl groups excluding tert-OH is 1. The zero-order valence-corrected chi connectivity index (χ0v) is 9.35. The molecule has 0 bridgehead atoms. The van der Waals surface area contributed by atoms with Crippen molar-refractivity contribution in [1.82, 2.24) is 15.5 Å². The third-order valence-corrected chi connectivity index (χ3v) is 2.47. The number of rotatable bonds is 5. The van der Waals surface area contributed by atoms with Crippen LogP contribution >= 0.6 is 0 Å². The van der Waals surface area contributed by atoms with Gasteiger partial charge in [-0.1, -0.05) is 12.1 Å². The average Bonchev–Trinajstić information content (AvgIpc) is 2.87. The molecule has 2 heterocycles. The minimum atomic E-state index is -0.323. The third-order valence-electron chi connectivity index (χ3n) is 2.47. The maximum Gasteiger partial charge on any atom is 0.243 e. The van der Waals surface area contributed by atoms with Crippen LogP contribution in [0.5, 0.6) is 0 Å². The molecule has 1 saturated heterocycles. The van der Waals surface area contributed by atoms with Crippen molar-refractivity contribution in [1.29, 1.82) is 0 Å². The molecule has 1 fully saturated rings. The van der Waals surface area contributed by atoms with Crippen molar-refractivity contribution < 1.29 is 14.4 Å². The second-order valence-corrected chi connectivity index (χ2v) is 3.95. The first kappa shape index (κ1) is 11.5. The normalized spacial score (nSPS) is 25.1. The van der Waals surface area contributed by atoms with Crippen LogP contribution in [-0.2, 0) is 11.3 Å². The standard InChI is InChI=1S/C10H17N3O3/c1-2-3-15-6-9-12-10(16-13-9)8-4-7(14)5-11-8/h7-8,11,14H,2-6H2,1H3/t7-,8+/m1/s1. The van der Waals surface area contributed by atoms with Crippen LogP contribution in [0.1, 0.15) is 37.5 Å². The van der Waals surface area contributed by atoms with Crippen LogP contribution < -0.4 is 5.32 Å². The number of ether oxygens (including phenoxy) is 1. The van der Waals surface area contributed by atoms with Gasteiger partial charge in [0.15, 0.2) is 5.82 Å². The summed E-state index contributed by atoms with van der Waals surface area (Å²) in [4.78, 5) is 4.22. The van der Waals surface area contributed by atoms with Gasteiger partial charge in [-0.25, -0.2) is 0 Å². The van der Waals surface area contributed by atoms with E-state index in [1.165, 1.54) is 0 Å². The van der Waals surface area contributed by atoms with E-state index in [2.05, 4.69) is 15.5 Å². The molecular weight excluding hydrogens is 210 g/mol. The zero-order chi connectivity index (χ0) is 11.4. The second-order valence-electron chi connectivity index (χ2n) is 3.95. The number of nitrogens with one attached hydrogen (secondary N) is 1. The number of nitrogens with zero attached hydrogens (tertiary/aromatic N) is 2. The first-order valence-electron chi connectivity index (χ1n) is 5.61. The molecule has 1 aromatic heterocycles. The fourth-order valence-electron chi connectivity index (χ4n) is 1.68. The van der Waals surface area contributed by atoms with Crippen molar-refractivity contribution in [3.8, 4) is 0 Å². The Balaban J connectivity index is 1.87. The van der Waals surface area contributed by atoms with E-state index >= 15 is 0 Å². The van der Waals surface area contributed by atoms with Gasteiger partial charge < -0.3 is 19.7 Å². The van der Waals surface area contributed by atoms with Crippen LogP contribution in [-0.4, -0.2) is 34.5 Å². The lowest BCUT2D eigenvalue weighted by Gasteiger charge is -2.01. The largest absolute Gasteiger partial charge is 0.392 e. The van der Waals surface area contributed by atoms with E-state index < -0.39 is 0 Å². The first-order valence-corrected chi connectivity index (χ1v) is 5.61. The van der Waals surface area contributed by atoms with E-state index in [4.69, 9.17) is 9.26 Å². The average molecular weight is 227 g/mol. The Hall–Kier alpha value is -0.980. The molecule has 0 radical (unpaired) electrons. The Morgan fingerprint density at radius 3 is 3.19 bits per heavy atom. The van der Waals surface area contributed by atoms with Crippen molar-refractivity contribution in [3.63, 3.8) is 0 Å². The quantitative estimate of drug-likeness (QED) is 0.708. The highest BCUT2D eigenvalue weighted by molar-refractivity contribution is 4.96. The van der Waals surface area contributed by atoms with Crippen LogP contribution in [0.15, 0.2) is 4.52 Å². The molecule has 6 heteroatoms. The van der Waals surface area contributed by atoms with Crippen LogP contribution in [0.3, 0.4) is 0 Å². The van der Waals surface area contributed by atoms with E-state index in [1.54, 1.807) is 0 Å². The van der Waals surface area contributed by atoms with Gasteiger partial charge in [0.25, 0.3) is 0 Å². The fourth-order valence-corrected chi connectivity index (χ4v) is 1.68. The molecule has 2 N–H and O–H groups in total. The molecule has 0 aromatic carbocycles. The molecule has 16 heavy (non-hydrogen) atoms. The summed E-state index contributed by atoms with van der Waals surface area (Å²) >= 11 is 0. The maximum atomic E-state index is 9.36. The first-order chi connectivity index (χ1) is 7.79. The van der Waals surface area contributed by atoms with Crippen molar-refractivity contribution in [2.24, 2.45) is 0 Å². The summed E-state index contributed by atoms with van der Waals surface area (Å²) in [7, 11) is 0. The molecule has 0 saturated carbocycles. The highest BCUT2D eigenvalue weighted by atomic mass is 16.5. The molecule has 2 atom stereocenters. The molecule has 0 amide bonds. The Kier molecular flexibility index (Phi) is 3.87. The lowest BCUT2D eigenvalue weighted by atomic mass is 10.2. The molecule has 1 aliphatic rings. The lowest BCUT2D eigenvalue weighted by molar-refractivity contribution is 0.114.